The summed E-state index contributed by atoms with van der Waals surface area (Å²) in [5.41, 5.74) is 5.50. The fourth-order valence-corrected chi connectivity index (χ4v) is 2.93. The van der Waals surface area contributed by atoms with Crippen LogP contribution in [0.4, 0.5) is 0 Å². The van der Waals surface area contributed by atoms with Crippen molar-refractivity contribution >= 4 is 22.6 Å². The smallest absolute Gasteiger partial charge is 0.0384 e. The summed E-state index contributed by atoms with van der Waals surface area (Å²) in [5.74, 6) is 3.54. The summed E-state index contributed by atoms with van der Waals surface area (Å²) in [5, 5.41) is 0. The average Bonchev–Trinajstić information content (AvgIpc) is 1.86. The van der Waals surface area contributed by atoms with E-state index in [1.165, 1.54) is 0 Å². The van der Waals surface area contributed by atoms with Crippen molar-refractivity contribution in [2.75, 3.05) is 23.0 Å². The van der Waals surface area contributed by atoms with E-state index in [1.807, 2.05) is 18.7 Å². The minimum Gasteiger partial charge on any atom is -0.327 e. The molecular weight excluding hydrogens is 178 g/mol. The van der Waals surface area contributed by atoms with Gasteiger partial charge in [0.25, 0.3) is 0 Å². The van der Waals surface area contributed by atoms with Crippen LogP contribution in [-0.2, 0) is 10.8 Å². The zero-order valence-electron chi connectivity index (χ0n) is 7.21. The number of hydrogen-bond donors (Lipinski definition) is 1. The van der Waals surface area contributed by atoms with Crippen LogP contribution in [0.2, 0.25) is 0 Å². The molecule has 0 aliphatic carbocycles. The van der Waals surface area contributed by atoms with E-state index in [0.717, 1.165) is 17.3 Å². The molecule has 0 heterocycles. The van der Waals surface area contributed by atoms with Gasteiger partial charge in [-0.1, -0.05) is 6.92 Å². The summed E-state index contributed by atoms with van der Waals surface area (Å²) in [4.78, 5) is 0. The van der Waals surface area contributed by atoms with Crippen LogP contribution < -0.4 is 5.73 Å². The number of rotatable bonds is 6. The van der Waals surface area contributed by atoms with Crippen molar-refractivity contribution in [3.8, 4) is 0 Å². The Hall–Kier alpha value is 0.460. The number of nitrogens with two attached hydrogens (primary N) is 1. The quantitative estimate of drug-likeness (QED) is 0.639. The van der Waals surface area contributed by atoms with E-state index in [9.17, 15) is 4.21 Å². The monoisotopic (exact) mass is 195 g/mol. The minimum atomic E-state index is -0.697. The highest BCUT2D eigenvalue weighted by Crippen LogP contribution is 1.99. The van der Waals surface area contributed by atoms with Crippen molar-refractivity contribution in [2.45, 2.75) is 19.9 Å². The Bertz CT molecular complexity index is 117. The van der Waals surface area contributed by atoms with Crippen LogP contribution in [0.5, 0.6) is 0 Å². The van der Waals surface area contributed by atoms with E-state index in [-0.39, 0.29) is 6.04 Å². The van der Waals surface area contributed by atoms with Crippen molar-refractivity contribution in [1.29, 1.82) is 0 Å². The molecule has 0 aliphatic rings. The summed E-state index contributed by atoms with van der Waals surface area (Å²) >= 11 is 1.83. The Morgan fingerprint density at radius 3 is 2.73 bits per heavy atom. The summed E-state index contributed by atoms with van der Waals surface area (Å²) in [6.45, 7) is 4.00. The Kier molecular flexibility index (Phi) is 7.43. The lowest BCUT2D eigenvalue weighted by Crippen LogP contribution is -2.24. The molecule has 0 aromatic carbocycles. The van der Waals surface area contributed by atoms with E-state index < -0.39 is 10.8 Å². The molecule has 0 bridgehead atoms. The molecule has 2 atom stereocenters. The third-order valence-corrected chi connectivity index (χ3v) is 3.82. The molecule has 0 saturated carbocycles. The molecule has 0 rings (SSSR count). The summed E-state index contributed by atoms with van der Waals surface area (Å²) < 4.78 is 11.1. The fourth-order valence-electron chi connectivity index (χ4n) is 0.673. The van der Waals surface area contributed by atoms with Gasteiger partial charge in [0.15, 0.2) is 0 Å². The van der Waals surface area contributed by atoms with Gasteiger partial charge >= 0.3 is 0 Å². The molecule has 2 unspecified atom stereocenters. The lowest BCUT2D eigenvalue weighted by Gasteiger charge is -2.03. The zero-order chi connectivity index (χ0) is 8.69. The van der Waals surface area contributed by atoms with Crippen LogP contribution in [0.3, 0.4) is 0 Å². The van der Waals surface area contributed by atoms with E-state index in [2.05, 4.69) is 6.92 Å². The molecule has 4 heteroatoms. The lowest BCUT2D eigenvalue weighted by molar-refractivity contribution is 0.677. The predicted molar refractivity (Wildman–Crippen MR) is 54.5 cm³/mol. The molecule has 0 aromatic rings. The second kappa shape index (κ2) is 7.13. The Balaban J connectivity index is 3.23. The van der Waals surface area contributed by atoms with Crippen molar-refractivity contribution in [2.24, 2.45) is 5.73 Å². The molecule has 11 heavy (non-hydrogen) atoms. The summed E-state index contributed by atoms with van der Waals surface area (Å²) in [6, 6.07) is 0.0717. The lowest BCUT2D eigenvalue weighted by atomic mass is 10.4. The molecule has 0 fully saturated rings. The molecule has 0 aromatic heterocycles. The fraction of sp³-hybridized carbons (Fsp3) is 1.00. The molecule has 68 valence electrons. The number of hydrogen-bond acceptors (Lipinski definition) is 3. The SMILES string of the molecule is CCSCCS(=O)CC(C)N. The molecular formula is C7H17NOS2. The van der Waals surface area contributed by atoms with Crippen LogP contribution in [0.15, 0.2) is 0 Å². The van der Waals surface area contributed by atoms with Gasteiger partial charge in [-0.05, 0) is 12.7 Å². The van der Waals surface area contributed by atoms with Crippen LogP contribution in [-0.4, -0.2) is 33.3 Å². The highest BCUT2D eigenvalue weighted by Gasteiger charge is 2.01. The van der Waals surface area contributed by atoms with Gasteiger partial charge in [-0.2, -0.15) is 11.8 Å². The van der Waals surface area contributed by atoms with E-state index >= 15 is 0 Å². The maximum absolute atomic E-state index is 11.1. The van der Waals surface area contributed by atoms with Gasteiger partial charge in [-0.3, -0.25) is 4.21 Å². The first-order valence-corrected chi connectivity index (χ1v) is 6.49. The molecule has 0 saturated heterocycles. The van der Waals surface area contributed by atoms with Gasteiger partial charge in [-0.15, -0.1) is 0 Å². The van der Waals surface area contributed by atoms with Crippen molar-refractivity contribution in [3.05, 3.63) is 0 Å². The Morgan fingerprint density at radius 1 is 1.64 bits per heavy atom. The van der Waals surface area contributed by atoms with Gasteiger partial charge in [0.2, 0.25) is 0 Å². The predicted octanol–water partition coefficient (Wildman–Crippen LogP) is 0.835. The Labute approximate surface area is 75.8 Å². The van der Waals surface area contributed by atoms with Crippen LogP contribution in [0, 0.1) is 0 Å². The van der Waals surface area contributed by atoms with Crippen molar-refractivity contribution in [1.82, 2.24) is 0 Å². The third-order valence-electron chi connectivity index (χ3n) is 1.11. The molecule has 0 amide bonds. The molecule has 0 spiro atoms. The molecule has 0 aliphatic heterocycles. The first-order valence-electron chi connectivity index (χ1n) is 3.85. The topological polar surface area (TPSA) is 43.1 Å². The van der Waals surface area contributed by atoms with Gasteiger partial charge in [0, 0.05) is 34.1 Å². The van der Waals surface area contributed by atoms with Gasteiger partial charge in [0.05, 0.1) is 0 Å². The van der Waals surface area contributed by atoms with E-state index in [0.29, 0.717) is 5.75 Å². The first-order chi connectivity index (χ1) is 5.16. The summed E-state index contributed by atoms with van der Waals surface area (Å²) in [7, 11) is -0.697. The number of thioether (sulfide) groups is 1. The summed E-state index contributed by atoms with van der Waals surface area (Å²) in [6.07, 6.45) is 0. The van der Waals surface area contributed by atoms with Crippen LogP contribution >= 0.6 is 11.8 Å². The second-order valence-corrected chi connectivity index (χ2v) is 5.50. The van der Waals surface area contributed by atoms with Crippen LogP contribution in [0.1, 0.15) is 13.8 Å². The normalized spacial score (nSPS) is 16.3. The van der Waals surface area contributed by atoms with E-state index in [1.54, 1.807) is 0 Å². The average molecular weight is 195 g/mol. The van der Waals surface area contributed by atoms with Gasteiger partial charge < -0.3 is 5.73 Å². The van der Waals surface area contributed by atoms with Gasteiger partial charge in [0.1, 0.15) is 0 Å². The largest absolute Gasteiger partial charge is 0.327 e. The first kappa shape index (κ1) is 11.5. The van der Waals surface area contributed by atoms with Crippen LogP contribution in [0.25, 0.3) is 0 Å². The van der Waals surface area contributed by atoms with Crippen molar-refractivity contribution in [3.63, 3.8) is 0 Å². The third kappa shape index (κ3) is 8.37. The second-order valence-electron chi connectivity index (χ2n) is 2.48. The minimum absolute atomic E-state index is 0.0717. The standard InChI is InChI=1S/C7H17NOS2/c1-3-10-4-5-11(9)6-7(2)8/h7H,3-6,8H2,1-2H3. The molecule has 0 radical (unpaired) electrons. The highest BCUT2D eigenvalue weighted by atomic mass is 32.2. The van der Waals surface area contributed by atoms with E-state index in [4.69, 9.17) is 5.73 Å². The maximum atomic E-state index is 11.1. The highest BCUT2D eigenvalue weighted by molar-refractivity contribution is 8.00. The van der Waals surface area contributed by atoms with Gasteiger partial charge in [-0.25, -0.2) is 0 Å². The molecule has 2 N–H and O–H groups in total. The Morgan fingerprint density at radius 2 is 2.27 bits per heavy atom. The molecule has 2 nitrogen and oxygen atoms in total. The maximum Gasteiger partial charge on any atom is 0.0384 e. The zero-order valence-corrected chi connectivity index (χ0v) is 8.84. The van der Waals surface area contributed by atoms with Crippen molar-refractivity contribution < 1.29 is 4.21 Å².